The van der Waals surface area contributed by atoms with Crippen molar-refractivity contribution in [1.82, 2.24) is 9.88 Å². The Morgan fingerprint density at radius 1 is 1.22 bits per heavy atom. The summed E-state index contributed by atoms with van der Waals surface area (Å²) in [5.74, 6) is -0.842. The molecule has 1 saturated carbocycles. The van der Waals surface area contributed by atoms with Gasteiger partial charge < -0.3 is 14.6 Å². The Hall–Kier alpha value is -2.63. The number of hydrogen-bond donors (Lipinski definition) is 1. The smallest absolute Gasteiger partial charge is 0.339 e. The fourth-order valence-corrected chi connectivity index (χ4v) is 3.61. The monoisotopic (exact) mass is 372 g/mol. The molecule has 27 heavy (non-hydrogen) atoms. The van der Waals surface area contributed by atoms with Gasteiger partial charge in [0.05, 0.1) is 12.2 Å². The number of aromatic nitrogens is 1. The lowest BCUT2D eigenvalue weighted by molar-refractivity contribution is -0.122. The standard InChI is InChI=1S/C21H25FN2O3/c1-3-27-21(26)18-12-19(15-8-10-16(22)11-9-15)24(14(18)2)13-20(25)23-17-6-4-5-7-17/h8-12,17H,3-7,13H2,1-2H3,(H,23,25). The zero-order chi connectivity index (χ0) is 19.4. The highest BCUT2D eigenvalue weighted by atomic mass is 19.1. The molecule has 1 aliphatic carbocycles. The predicted molar refractivity (Wildman–Crippen MR) is 101 cm³/mol. The van der Waals surface area contributed by atoms with Gasteiger partial charge in [-0.2, -0.15) is 0 Å². The first-order valence-electron chi connectivity index (χ1n) is 9.42. The van der Waals surface area contributed by atoms with E-state index in [0.717, 1.165) is 31.2 Å². The molecule has 1 aromatic heterocycles. The van der Waals surface area contributed by atoms with Crippen LogP contribution in [0.4, 0.5) is 4.39 Å². The van der Waals surface area contributed by atoms with E-state index in [9.17, 15) is 14.0 Å². The zero-order valence-corrected chi connectivity index (χ0v) is 15.8. The molecule has 2 aromatic rings. The minimum atomic E-state index is -0.423. The fourth-order valence-electron chi connectivity index (χ4n) is 3.61. The average molecular weight is 372 g/mol. The molecule has 0 unspecified atom stereocenters. The molecule has 0 aliphatic heterocycles. The van der Waals surface area contributed by atoms with Crippen LogP contribution in [-0.4, -0.2) is 29.1 Å². The molecule has 1 amide bonds. The van der Waals surface area contributed by atoms with E-state index in [0.29, 0.717) is 17.0 Å². The number of benzene rings is 1. The van der Waals surface area contributed by atoms with E-state index < -0.39 is 5.97 Å². The van der Waals surface area contributed by atoms with Crippen LogP contribution < -0.4 is 5.32 Å². The van der Waals surface area contributed by atoms with Gasteiger partial charge in [-0.25, -0.2) is 9.18 Å². The SMILES string of the molecule is CCOC(=O)c1cc(-c2ccc(F)cc2)n(CC(=O)NC2CCCC2)c1C. The minimum absolute atomic E-state index is 0.0839. The lowest BCUT2D eigenvalue weighted by atomic mass is 10.1. The van der Waals surface area contributed by atoms with Crippen molar-refractivity contribution < 1.29 is 18.7 Å². The van der Waals surface area contributed by atoms with Gasteiger partial charge in [0.1, 0.15) is 12.4 Å². The van der Waals surface area contributed by atoms with E-state index >= 15 is 0 Å². The molecule has 1 N–H and O–H groups in total. The molecule has 1 fully saturated rings. The van der Waals surface area contributed by atoms with Gasteiger partial charge in [0.25, 0.3) is 0 Å². The maximum absolute atomic E-state index is 13.3. The van der Waals surface area contributed by atoms with Gasteiger partial charge in [0, 0.05) is 17.4 Å². The topological polar surface area (TPSA) is 60.3 Å². The Kier molecular flexibility index (Phi) is 5.94. The molecule has 3 rings (SSSR count). The Morgan fingerprint density at radius 2 is 1.89 bits per heavy atom. The number of ether oxygens (including phenoxy) is 1. The van der Waals surface area contributed by atoms with Crippen LogP contribution in [0.5, 0.6) is 0 Å². The average Bonchev–Trinajstić information content (AvgIpc) is 3.25. The zero-order valence-electron chi connectivity index (χ0n) is 15.8. The first-order valence-corrected chi connectivity index (χ1v) is 9.42. The van der Waals surface area contributed by atoms with Crippen LogP contribution in [0.25, 0.3) is 11.3 Å². The second-order valence-corrected chi connectivity index (χ2v) is 6.89. The molecular weight excluding hydrogens is 347 g/mol. The van der Waals surface area contributed by atoms with E-state index in [1.54, 1.807) is 36.6 Å². The molecule has 0 spiro atoms. The van der Waals surface area contributed by atoms with Crippen molar-refractivity contribution in [3.8, 4) is 11.3 Å². The second-order valence-electron chi connectivity index (χ2n) is 6.89. The summed E-state index contributed by atoms with van der Waals surface area (Å²) in [7, 11) is 0. The van der Waals surface area contributed by atoms with E-state index in [1.165, 1.54) is 12.1 Å². The Balaban J connectivity index is 1.92. The van der Waals surface area contributed by atoms with Crippen LogP contribution >= 0.6 is 0 Å². The summed E-state index contributed by atoms with van der Waals surface area (Å²) in [6.45, 7) is 3.92. The largest absolute Gasteiger partial charge is 0.462 e. The summed E-state index contributed by atoms with van der Waals surface area (Å²) in [5.41, 5.74) is 2.51. The number of halogens is 1. The van der Waals surface area contributed by atoms with Gasteiger partial charge >= 0.3 is 5.97 Å². The molecule has 1 aromatic carbocycles. The summed E-state index contributed by atoms with van der Waals surface area (Å²) in [5, 5.41) is 3.07. The number of esters is 1. The summed E-state index contributed by atoms with van der Waals surface area (Å²) < 4.78 is 20.2. The number of hydrogen-bond acceptors (Lipinski definition) is 3. The maximum atomic E-state index is 13.3. The van der Waals surface area contributed by atoms with Crippen molar-refractivity contribution in [2.45, 2.75) is 52.1 Å². The van der Waals surface area contributed by atoms with Crippen LogP contribution in [0.1, 0.15) is 48.7 Å². The Morgan fingerprint density at radius 3 is 2.52 bits per heavy atom. The number of carbonyl (C=O) groups is 2. The van der Waals surface area contributed by atoms with Gasteiger partial charge in [0.15, 0.2) is 0 Å². The highest BCUT2D eigenvalue weighted by Gasteiger charge is 2.22. The van der Waals surface area contributed by atoms with Crippen molar-refractivity contribution in [3.63, 3.8) is 0 Å². The highest BCUT2D eigenvalue weighted by Crippen LogP contribution is 2.27. The molecule has 1 heterocycles. The van der Waals surface area contributed by atoms with Gasteiger partial charge in [-0.05, 0) is 62.6 Å². The molecule has 0 atom stereocenters. The van der Waals surface area contributed by atoms with Crippen molar-refractivity contribution in [2.24, 2.45) is 0 Å². The third-order valence-electron chi connectivity index (χ3n) is 5.02. The van der Waals surface area contributed by atoms with Crippen LogP contribution in [0.15, 0.2) is 30.3 Å². The number of rotatable bonds is 6. The van der Waals surface area contributed by atoms with Gasteiger partial charge in [-0.1, -0.05) is 12.8 Å². The lowest BCUT2D eigenvalue weighted by Gasteiger charge is -2.15. The van der Waals surface area contributed by atoms with Gasteiger partial charge in [-0.15, -0.1) is 0 Å². The van der Waals surface area contributed by atoms with Gasteiger partial charge in [0.2, 0.25) is 5.91 Å². The first-order chi connectivity index (χ1) is 13.0. The van der Waals surface area contributed by atoms with Crippen LogP contribution in [0.3, 0.4) is 0 Å². The molecule has 1 aliphatic rings. The first kappa shape index (κ1) is 19.1. The van der Waals surface area contributed by atoms with Crippen LogP contribution in [0, 0.1) is 12.7 Å². The molecule has 0 saturated heterocycles. The summed E-state index contributed by atoms with van der Waals surface area (Å²) >= 11 is 0. The summed E-state index contributed by atoms with van der Waals surface area (Å²) in [6, 6.07) is 7.96. The number of nitrogens with zero attached hydrogens (tertiary/aromatic N) is 1. The van der Waals surface area contributed by atoms with Crippen molar-refractivity contribution in [2.75, 3.05) is 6.61 Å². The minimum Gasteiger partial charge on any atom is -0.462 e. The van der Waals surface area contributed by atoms with Crippen molar-refractivity contribution in [3.05, 3.63) is 47.4 Å². The number of carbonyl (C=O) groups excluding carboxylic acids is 2. The molecule has 5 nitrogen and oxygen atoms in total. The predicted octanol–water partition coefficient (Wildman–Crippen LogP) is 3.84. The molecular formula is C21H25FN2O3. The summed E-state index contributed by atoms with van der Waals surface area (Å²) in [6.07, 6.45) is 4.30. The van der Waals surface area contributed by atoms with Crippen molar-refractivity contribution in [1.29, 1.82) is 0 Å². The quantitative estimate of drug-likeness (QED) is 0.784. The Labute approximate surface area is 158 Å². The van der Waals surface area contributed by atoms with Gasteiger partial charge in [-0.3, -0.25) is 4.79 Å². The number of nitrogens with one attached hydrogen (secondary N) is 1. The third-order valence-corrected chi connectivity index (χ3v) is 5.02. The molecule has 0 bridgehead atoms. The highest BCUT2D eigenvalue weighted by molar-refractivity contribution is 5.93. The fraction of sp³-hybridized carbons (Fsp3) is 0.429. The molecule has 6 heteroatoms. The lowest BCUT2D eigenvalue weighted by Crippen LogP contribution is -2.35. The van der Waals surface area contributed by atoms with E-state index in [1.807, 2.05) is 0 Å². The van der Waals surface area contributed by atoms with Crippen LogP contribution in [-0.2, 0) is 16.1 Å². The van der Waals surface area contributed by atoms with E-state index in [4.69, 9.17) is 4.74 Å². The Bertz CT molecular complexity index is 821. The molecule has 0 radical (unpaired) electrons. The third kappa shape index (κ3) is 4.38. The van der Waals surface area contributed by atoms with E-state index in [2.05, 4.69) is 5.32 Å². The molecule has 144 valence electrons. The van der Waals surface area contributed by atoms with Crippen LogP contribution in [0.2, 0.25) is 0 Å². The maximum Gasteiger partial charge on any atom is 0.339 e. The number of amides is 1. The summed E-state index contributed by atoms with van der Waals surface area (Å²) in [4.78, 5) is 24.8. The normalized spacial score (nSPS) is 14.3. The van der Waals surface area contributed by atoms with Crippen molar-refractivity contribution >= 4 is 11.9 Å². The van der Waals surface area contributed by atoms with E-state index in [-0.39, 0.29) is 30.9 Å². The second kappa shape index (κ2) is 8.37.